The van der Waals surface area contributed by atoms with Crippen molar-refractivity contribution in [2.75, 3.05) is 19.0 Å². The summed E-state index contributed by atoms with van der Waals surface area (Å²) in [6.45, 7) is 4.47. The fraction of sp³-hybridized carbons (Fsp3) is 0.917. The summed E-state index contributed by atoms with van der Waals surface area (Å²) in [6.07, 6.45) is 5.34. The topological polar surface area (TPSA) is 69.7 Å². The van der Waals surface area contributed by atoms with Gasteiger partial charge < -0.3 is 4.74 Å². The van der Waals surface area contributed by atoms with E-state index < -0.39 is 21.8 Å². The predicted molar refractivity (Wildman–Crippen MR) is 69.7 cm³/mol. The van der Waals surface area contributed by atoms with E-state index in [1.54, 1.807) is 0 Å². The molecule has 0 bridgehead atoms. The first-order valence-electron chi connectivity index (χ1n) is 6.54. The van der Waals surface area contributed by atoms with Crippen LogP contribution in [0.4, 0.5) is 0 Å². The molecule has 0 unspecified atom stereocenters. The molecule has 0 aromatic carbocycles. The van der Waals surface area contributed by atoms with E-state index in [1.165, 1.54) is 0 Å². The summed E-state index contributed by atoms with van der Waals surface area (Å²) in [5.41, 5.74) is 0. The van der Waals surface area contributed by atoms with E-state index in [0.717, 1.165) is 32.1 Å². The summed E-state index contributed by atoms with van der Waals surface area (Å²) in [6, 6.07) is 0. The van der Waals surface area contributed by atoms with Crippen LogP contribution in [-0.4, -0.2) is 33.4 Å². The van der Waals surface area contributed by atoms with E-state index in [0.29, 0.717) is 6.42 Å². The molecule has 0 aliphatic carbocycles. The molecule has 0 amide bonds. The van der Waals surface area contributed by atoms with E-state index in [2.05, 4.69) is 0 Å². The molecule has 0 rings (SSSR count). The zero-order chi connectivity index (χ0) is 13.9. The molecule has 0 aliphatic heterocycles. The van der Waals surface area contributed by atoms with Crippen molar-refractivity contribution in [3.63, 3.8) is 0 Å². The van der Waals surface area contributed by atoms with Gasteiger partial charge in [-0.2, -0.15) is 8.42 Å². The first kappa shape index (κ1) is 17.4. The number of esters is 1. The second-order valence-electron chi connectivity index (χ2n) is 4.16. The van der Waals surface area contributed by atoms with E-state index in [-0.39, 0.29) is 13.2 Å². The summed E-state index contributed by atoms with van der Waals surface area (Å²) in [7, 11) is -3.78. The number of rotatable bonds is 11. The van der Waals surface area contributed by atoms with Gasteiger partial charge in [0.2, 0.25) is 0 Å². The van der Waals surface area contributed by atoms with Crippen LogP contribution in [0.5, 0.6) is 0 Å². The summed E-state index contributed by atoms with van der Waals surface area (Å²) >= 11 is 0. The SMILES string of the molecule is CCCCCOC(=O)CS(=O)(=O)OCCCCC. The summed E-state index contributed by atoms with van der Waals surface area (Å²) in [4.78, 5) is 11.2. The van der Waals surface area contributed by atoms with Crippen LogP contribution < -0.4 is 0 Å². The van der Waals surface area contributed by atoms with Crippen molar-refractivity contribution in [1.82, 2.24) is 0 Å². The smallest absolute Gasteiger partial charge is 0.323 e. The average molecular weight is 280 g/mol. The van der Waals surface area contributed by atoms with Crippen molar-refractivity contribution in [2.45, 2.75) is 52.4 Å². The Morgan fingerprint density at radius 3 is 2.06 bits per heavy atom. The third-order valence-electron chi connectivity index (χ3n) is 2.32. The number of unbranched alkanes of at least 4 members (excludes halogenated alkanes) is 4. The molecule has 0 aromatic rings. The molecule has 0 radical (unpaired) electrons. The highest BCUT2D eigenvalue weighted by Gasteiger charge is 2.18. The minimum atomic E-state index is -3.78. The Bertz CT molecular complexity index is 310. The molecule has 0 N–H and O–H groups in total. The van der Waals surface area contributed by atoms with Crippen molar-refractivity contribution in [2.24, 2.45) is 0 Å². The van der Waals surface area contributed by atoms with Gasteiger partial charge in [-0.25, -0.2) is 0 Å². The fourth-order valence-corrected chi connectivity index (χ4v) is 2.13. The van der Waals surface area contributed by atoms with Crippen LogP contribution in [0.15, 0.2) is 0 Å². The van der Waals surface area contributed by atoms with Crippen LogP contribution in [0.2, 0.25) is 0 Å². The molecule has 108 valence electrons. The molecular formula is C12H24O5S. The first-order valence-corrected chi connectivity index (χ1v) is 8.12. The molecule has 0 saturated carbocycles. The third kappa shape index (κ3) is 10.5. The highest BCUT2D eigenvalue weighted by atomic mass is 32.2. The summed E-state index contributed by atoms with van der Waals surface area (Å²) in [5, 5.41) is 0. The van der Waals surface area contributed by atoms with Crippen LogP contribution >= 0.6 is 0 Å². The van der Waals surface area contributed by atoms with Gasteiger partial charge in [-0.3, -0.25) is 8.98 Å². The molecule has 18 heavy (non-hydrogen) atoms. The van der Waals surface area contributed by atoms with Crippen LogP contribution in [-0.2, 0) is 23.8 Å². The first-order chi connectivity index (χ1) is 8.52. The Hall–Kier alpha value is -0.620. The van der Waals surface area contributed by atoms with Gasteiger partial charge in [0, 0.05) is 0 Å². The lowest BCUT2D eigenvalue weighted by Gasteiger charge is -2.06. The molecule has 0 aromatic heterocycles. The van der Waals surface area contributed by atoms with Gasteiger partial charge in [0.1, 0.15) is 0 Å². The minimum absolute atomic E-state index is 0.138. The number of ether oxygens (including phenoxy) is 1. The van der Waals surface area contributed by atoms with Crippen LogP contribution in [0.25, 0.3) is 0 Å². The second kappa shape index (κ2) is 10.3. The lowest BCUT2D eigenvalue weighted by atomic mass is 10.3. The van der Waals surface area contributed by atoms with Gasteiger partial charge in [0.15, 0.2) is 5.75 Å². The number of hydrogen-bond acceptors (Lipinski definition) is 5. The number of carbonyl (C=O) groups is 1. The molecule has 0 saturated heterocycles. The van der Waals surface area contributed by atoms with Gasteiger partial charge in [0.25, 0.3) is 10.1 Å². The Balaban J connectivity index is 3.75. The number of carbonyl (C=O) groups excluding carboxylic acids is 1. The molecular weight excluding hydrogens is 256 g/mol. The van der Waals surface area contributed by atoms with Crippen molar-refractivity contribution >= 4 is 16.1 Å². The normalized spacial score (nSPS) is 11.4. The minimum Gasteiger partial charge on any atom is -0.465 e. The average Bonchev–Trinajstić information content (AvgIpc) is 2.30. The Morgan fingerprint density at radius 2 is 1.50 bits per heavy atom. The quantitative estimate of drug-likeness (QED) is 0.330. The van der Waals surface area contributed by atoms with Gasteiger partial charge in [-0.05, 0) is 12.8 Å². The van der Waals surface area contributed by atoms with Crippen molar-refractivity contribution in [3.8, 4) is 0 Å². The highest BCUT2D eigenvalue weighted by Crippen LogP contribution is 2.01. The maximum Gasteiger partial charge on any atom is 0.323 e. The van der Waals surface area contributed by atoms with Crippen molar-refractivity contribution < 1.29 is 22.1 Å². The van der Waals surface area contributed by atoms with Gasteiger partial charge >= 0.3 is 5.97 Å². The third-order valence-corrected chi connectivity index (χ3v) is 3.43. The Labute approximate surface area is 110 Å². The van der Waals surface area contributed by atoms with Crippen molar-refractivity contribution in [3.05, 3.63) is 0 Å². The maximum absolute atomic E-state index is 11.4. The zero-order valence-electron chi connectivity index (χ0n) is 11.3. The standard InChI is InChI=1S/C12H24O5S/c1-3-5-7-9-16-12(13)11-18(14,15)17-10-8-6-4-2/h3-11H2,1-2H3. The van der Waals surface area contributed by atoms with E-state index in [9.17, 15) is 13.2 Å². The molecule has 0 spiro atoms. The fourth-order valence-electron chi connectivity index (χ4n) is 1.30. The lowest BCUT2D eigenvalue weighted by molar-refractivity contribution is -0.140. The molecule has 5 nitrogen and oxygen atoms in total. The van der Waals surface area contributed by atoms with Crippen LogP contribution in [0.1, 0.15) is 52.4 Å². The van der Waals surface area contributed by atoms with Gasteiger partial charge in [-0.15, -0.1) is 0 Å². The predicted octanol–water partition coefficient (Wildman–Crippen LogP) is 2.26. The van der Waals surface area contributed by atoms with E-state index in [4.69, 9.17) is 8.92 Å². The monoisotopic (exact) mass is 280 g/mol. The Morgan fingerprint density at radius 1 is 0.944 bits per heavy atom. The lowest BCUT2D eigenvalue weighted by Crippen LogP contribution is -2.21. The highest BCUT2D eigenvalue weighted by molar-refractivity contribution is 7.87. The maximum atomic E-state index is 11.4. The van der Waals surface area contributed by atoms with Gasteiger partial charge in [-0.1, -0.05) is 39.5 Å². The van der Waals surface area contributed by atoms with E-state index in [1.807, 2.05) is 13.8 Å². The zero-order valence-corrected chi connectivity index (χ0v) is 12.1. The second-order valence-corrected chi connectivity index (χ2v) is 5.80. The van der Waals surface area contributed by atoms with Crippen LogP contribution in [0, 0.1) is 0 Å². The largest absolute Gasteiger partial charge is 0.465 e. The molecule has 0 fully saturated rings. The van der Waals surface area contributed by atoms with Gasteiger partial charge in [0.05, 0.1) is 13.2 Å². The molecule has 0 heterocycles. The summed E-state index contributed by atoms with van der Waals surface area (Å²) in [5.74, 6) is -1.42. The molecule has 0 atom stereocenters. The number of hydrogen-bond donors (Lipinski definition) is 0. The van der Waals surface area contributed by atoms with E-state index >= 15 is 0 Å². The summed E-state index contributed by atoms with van der Waals surface area (Å²) < 4.78 is 32.3. The molecule has 0 aliphatic rings. The van der Waals surface area contributed by atoms with Crippen molar-refractivity contribution in [1.29, 1.82) is 0 Å². The molecule has 6 heteroatoms. The van der Waals surface area contributed by atoms with Crippen LogP contribution in [0.3, 0.4) is 0 Å². The Kier molecular flexibility index (Phi) is 9.96.